The number of nitrogens with two attached hydrogens (primary N) is 1. The molecule has 0 saturated heterocycles. The lowest BCUT2D eigenvalue weighted by molar-refractivity contribution is -0.127. The molecule has 1 amide bonds. The molecule has 0 bridgehead atoms. The number of amidine groups is 1. The summed E-state index contributed by atoms with van der Waals surface area (Å²) in [6.07, 6.45) is 0.291. The van der Waals surface area contributed by atoms with Gasteiger partial charge in [-0.2, -0.15) is 10.2 Å². The van der Waals surface area contributed by atoms with Crippen LogP contribution < -0.4 is 21.9 Å². The minimum absolute atomic E-state index is 0.286. The number of hydrogen-bond acceptors (Lipinski definition) is 7. The van der Waals surface area contributed by atoms with Gasteiger partial charge >= 0.3 is 0 Å². The van der Waals surface area contributed by atoms with Crippen molar-refractivity contribution in [3.63, 3.8) is 0 Å². The Hall–Kier alpha value is -3.81. The van der Waals surface area contributed by atoms with Crippen LogP contribution in [0.2, 0.25) is 0 Å². The number of benzene rings is 2. The molecule has 0 unspecified atom stereocenters. The standard InChI is InChI=1S/C19H16N6O2/c20-13-7-3-2-6-12(13)17-21-18(26)19(25-23-17)10-14(22-24-19)16-9-11-5-1-4-8-15(11)27-16/h1-9,24-25H,10,20H2,(H,21,23,26)/t19-/m1/s1. The van der Waals surface area contributed by atoms with Crippen LogP contribution in [-0.4, -0.2) is 23.1 Å². The first-order valence-corrected chi connectivity index (χ1v) is 8.48. The quantitative estimate of drug-likeness (QED) is 0.517. The van der Waals surface area contributed by atoms with Gasteiger partial charge in [0.1, 0.15) is 11.3 Å². The molecule has 1 spiro atoms. The van der Waals surface area contributed by atoms with Gasteiger partial charge in [-0.1, -0.05) is 30.3 Å². The summed E-state index contributed by atoms with van der Waals surface area (Å²) in [6.45, 7) is 0. The number of anilines is 1. The van der Waals surface area contributed by atoms with E-state index in [2.05, 4.69) is 26.4 Å². The van der Waals surface area contributed by atoms with E-state index in [1.165, 1.54) is 0 Å². The van der Waals surface area contributed by atoms with Crippen LogP contribution in [0.1, 0.15) is 17.7 Å². The Morgan fingerprint density at radius 1 is 1.04 bits per heavy atom. The number of nitrogen functional groups attached to an aromatic ring is 1. The molecule has 5 rings (SSSR count). The molecule has 0 fully saturated rings. The van der Waals surface area contributed by atoms with Crippen LogP contribution in [0.25, 0.3) is 11.0 Å². The van der Waals surface area contributed by atoms with Crippen molar-refractivity contribution in [1.29, 1.82) is 0 Å². The number of rotatable bonds is 2. The third-order valence-electron chi connectivity index (χ3n) is 4.72. The smallest absolute Gasteiger partial charge is 0.275 e. The van der Waals surface area contributed by atoms with E-state index in [1.807, 2.05) is 42.5 Å². The van der Waals surface area contributed by atoms with Crippen molar-refractivity contribution in [3.8, 4) is 0 Å². The number of nitrogens with one attached hydrogen (secondary N) is 3. The summed E-state index contributed by atoms with van der Waals surface area (Å²) in [7, 11) is 0. The van der Waals surface area contributed by atoms with Gasteiger partial charge in [0.15, 0.2) is 11.6 Å². The summed E-state index contributed by atoms with van der Waals surface area (Å²) in [5.74, 6) is 0.714. The molecule has 27 heavy (non-hydrogen) atoms. The zero-order chi connectivity index (χ0) is 18.4. The second-order valence-corrected chi connectivity index (χ2v) is 6.51. The van der Waals surface area contributed by atoms with E-state index in [-0.39, 0.29) is 5.91 Å². The molecule has 8 heteroatoms. The summed E-state index contributed by atoms with van der Waals surface area (Å²) in [5.41, 5.74) is 13.2. The van der Waals surface area contributed by atoms with Crippen LogP contribution in [0.3, 0.4) is 0 Å². The average Bonchev–Trinajstić information content (AvgIpc) is 3.30. The maximum absolute atomic E-state index is 12.8. The highest BCUT2D eigenvalue weighted by molar-refractivity contribution is 6.15. The highest BCUT2D eigenvalue weighted by Gasteiger charge is 2.47. The van der Waals surface area contributed by atoms with Gasteiger partial charge in [0.2, 0.25) is 5.66 Å². The van der Waals surface area contributed by atoms with Gasteiger partial charge in [0.05, 0.1) is 0 Å². The van der Waals surface area contributed by atoms with E-state index in [1.54, 1.807) is 12.1 Å². The Bertz CT molecular complexity index is 1100. The summed E-state index contributed by atoms with van der Waals surface area (Å²) >= 11 is 0. The van der Waals surface area contributed by atoms with Crippen LogP contribution in [0.5, 0.6) is 0 Å². The van der Waals surface area contributed by atoms with E-state index in [4.69, 9.17) is 10.2 Å². The number of fused-ring (bicyclic) bond motifs is 1. The molecule has 3 aromatic rings. The van der Waals surface area contributed by atoms with Crippen LogP contribution in [0.4, 0.5) is 5.69 Å². The molecule has 0 radical (unpaired) electrons. The molecular formula is C19H16N6O2. The van der Waals surface area contributed by atoms with Gasteiger partial charge in [0, 0.05) is 23.1 Å². The molecule has 0 aliphatic carbocycles. The number of carbonyl (C=O) groups excluding carboxylic acids is 1. The van der Waals surface area contributed by atoms with Crippen molar-refractivity contribution in [2.24, 2.45) is 10.2 Å². The maximum Gasteiger partial charge on any atom is 0.275 e. The molecule has 8 nitrogen and oxygen atoms in total. The minimum atomic E-state index is -1.15. The Kier molecular flexibility index (Phi) is 3.20. The Morgan fingerprint density at radius 3 is 2.63 bits per heavy atom. The zero-order valence-corrected chi connectivity index (χ0v) is 14.2. The topological polar surface area (TPSA) is 117 Å². The largest absolute Gasteiger partial charge is 0.455 e. The van der Waals surface area contributed by atoms with Gasteiger partial charge in [0.25, 0.3) is 5.91 Å². The maximum atomic E-state index is 12.8. The van der Waals surface area contributed by atoms with Gasteiger partial charge in [-0.15, -0.1) is 0 Å². The first kappa shape index (κ1) is 15.4. The highest BCUT2D eigenvalue weighted by Crippen LogP contribution is 2.26. The molecule has 2 aromatic carbocycles. The Balaban J connectivity index is 1.41. The number of furan rings is 1. The molecule has 3 heterocycles. The van der Waals surface area contributed by atoms with E-state index in [9.17, 15) is 4.79 Å². The normalized spacial score (nSPS) is 21.4. The number of para-hydroxylation sites is 2. The monoisotopic (exact) mass is 360 g/mol. The summed E-state index contributed by atoms with van der Waals surface area (Å²) < 4.78 is 5.84. The van der Waals surface area contributed by atoms with Crippen molar-refractivity contribution < 1.29 is 9.21 Å². The van der Waals surface area contributed by atoms with Crippen molar-refractivity contribution in [1.82, 2.24) is 16.2 Å². The Labute approximate surface area is 154 Å². The summed E-state index contributed by atoms with van der Waals surface area (Å²) in [6, 6.07) is 16.8. The van der Waals surface area contributed by atoms with Crippen molar-refractivity contribution in [3.05, 3.63) is 65.9 Å². The number of hydrazone groups is 2. The lowest BCUT2D eigenvalue weighted by Gasteiger charge is -2.31. The fourth-order valence-corrected chi connectivity index (χ4v) is 3.24. The molecule has 5 N–H and O–H groups in total. The van der Waals surface area contributed by atoms with Gasteiger partial charge in [-0.3, -0.25) is 15.6 Å². The zero-order valence-electron chi connectivity index (χ0n) is 14.2. The van der Waals surface area contributed by atoms with Crippen LogP contribution in [-0.2, 0) is 4.79 Å². The average molecular weight is 360 g/mol. The Morgan fingerprint density at radius 2 is 1.81 bits per heavy atom. The second kappa shape index (κ2) is 5.60. The van der Waals surface area contributed by atoms with Crippen molar-refractivity contribution >= 4 is 34.1 Å². The van der Waals surface area contributed by atoms with Crippen molar-refractivity contribution in [2.45, 2.75) is 12.1 Å². The highest BCUT2D eigenvalue weighted by atomic mass is 16.3. The first-order valence-electron chi connectivity index (χ1n) is 8.48. The summed E-state index contributed by atoms with van der Waals surface area (Å²) in [4.78, 5) is 12.8. The van der Waals surface area contributed by atoms with Gasteiger partial charge in [-0.25, -0.2) is 0 Å². The molecular weight excluding hydrogens is 344 g/mol. The third-order valence-corrected chi connectivity index (χ3v) is 4.72. The third kappa shape index (κ3) is 2.42. The number of amides is 1. The first-order chi connectivity index (χ1) is 13.1. The predicted molar refractivity (Wildman–Crippen MR) is 102 cm³/mol. The van der Waals surface area contributed by atoms with E-state index in [0.29, 0.717) is 35.0 Å². The lowest BCUT2D eigenvalue weighted by Crippen LogP contribution is -2.65. The van der Waals surface area contributed by atoms with Gasteiger partial charge < -0.3 is 15.5 Å². The lowest BCUT2D eigenvalue weighted by atomic mass is 10.0. The van der Waals surface area contributed by atoms with Gasteiger partial charge in [-0.05, 0) is 24.3 Å². The van der Waals surface area contributed by atoms with E-state index < -0.39 is 5.66 Å². The van der Waals surface area contributed by atoms with E-state index >= 15 is 0 Å². The van der Waals surface area contributed by atoms with Crippen LogP contribution >= 0.6 is 0 Å². The van der Waals surface area contributed by atoms with Crippen LogP contribution in [0.15, 0.2) is 69.2 Å². The fourth-order valence-electron chi connectivity index (χ4n) is 3.24. The SMILES string of the molecule is Nc1ccccc1C1=NN[C@]2(CC(c3cc4ccccc4o3)=NN2)C(=O)N1. The fraction of sp³-hybridized carbons (Fsp3) is 0.105. The second-order valence-electron chi connectivity index (χ2n) is 6.51. The molecule has 1 aromatic heterocycles. The molecule has 1 atom stereocenters. The molecule has 2 aliphatic heterocycles. The number of hydrogen-bond donors (Lipinski definition) is 4. The molecule has 134 valence electrons. The van der Waals surface area contributed by atoms with E-state index in [0.717, 1.165) is 11.0 Å². The summed E-state index contributed by atoms with van der Waals surface area (Å²) in [5, 5.41) is 12.4. The molecule has 2 aliphatic rings. The van der Waals surface area contributed by atoms with Crippen LogP contribution in [0, 0.1) is 0 Å². The van der Waals surface area contributed by atoms with Crippen molar-refractivity contribution in [2.75, 3.05) is 5.73 Å². The molecule has 0 saturated carbocycles. The number of nitrogens with zero attached hydrogens (tertiary/aromatic N) is 2. The minimum Gasteiger partial charge on any atom is -0.455 e. The number of carbonyl (C=O) groups is 1. The predicted octanol–water partition coefficient (Wildman–Crippen LogP) is 1.49.